The van der Waals surface area contributed by atoms with Gasteiger partial charge in [-0.2, -0.15) is 0 Å². The highest BCUT2D eigenvalue weighted by molar-refractivity contribution is 7.95. The summed E-state index contributed by atoms with van der Waals surface area (Å²) in [6.07, 6.45) is 0. The highest BCUT2D eigenvalue weighted by Crippen LogP contribution is 2.57. The van der Waals surface area contributed by atoms with Crippen LogP contribution in [0, 0.1) is 0 Å². The topological polar surface area (TPSA) is 18.5 Å². The van der Waals surface area contributed by atoms with E-state index in [1.165, 1.54) is 10.6 Å². The summed E-state index contributed by atoms with van der Waals surface area (Å²) in [4.78, 5) is 0. The molecule has 0 fully saturated rings. The van der Waals surface area contributed by atoms with Gasteiger partial charge in [-0.25, -0.2) is 0 Å². The number of rotatable bonds is 7. The Kier molecular flexibility index (Phi) is 7.57. The third kappa shape index (κ3) is 4.47. The molecule has 0 atom stereocenters. The number of benzene rings is 4. The third-order valence-electron chi connectivity index (χ3n) is 6.34. The summed E-state index contributed by atoms with van der Waals surface area (Å²) in [5, 5.41) is 4.65. The second-order valence-corrected chi connectivity index (χ2v) is 12.8. The molecule has 5 heteroatoms. The Labute approximate surface area is 218 Å². The second-order valence-electron chi connectivity index (χ2n) is 8.44. The number of methoxy groups -OCH3 is 2. The molecule has 0 saturated heterocycles. The lowest BCUT2D eigenvalue weighted by atomic mass is 9.94. The molecule has 0 unspecified atom stereocenters. The van der Waals surface area contributed by atoms with Gasteiger partial charge >= 0.3 is 0 Å². The summed E-state index contributed by atoms with van der Waals surface area (Å²) in [6.45, 7) is 8.55. The molecule has 0 aliphatic rings. The molecule has 0 radical (unpaired) electrons. The Morgan fingerprint density at radius 1 is 0.686 bits per heavy atom. The highest BCUT2D eigenvalue weighted by Gasteiger charge is 2.44. The molecule has 0 bridgehead atoms. The quantitative estimate of drug-likeness (QED) is 0.232. The van der Waals surface area contributed by atoms with E-state index in [-0.39, 0.29) is 0 Å². The van der Waals surface area contributed by atoms with Crippen molar-refractivity contribution >= 4 is 52.0 Å². The first-order valence-corrected chi connectivity index (χ1v) is 14.2. The van der Waals surface area contributed by atoms with Crippen LogP contribution >= 0.6 is 30.5 Å². The van der Waals surface area contributed by atoms with Crippen LogP contribution in [-0.2, 0) is 0 Å². The molecule has 2 nitrogen and oxygen atoms in total. The first kappa shape index (κ1) is 25.3. The van der Waals surface area contributed by atoms with E-state index in [0.29, 0.717) is 21.5 Å². The van der Waals surface area contributed by atoms with Crippen LogP contribution in [0.2, 0.25) is 10.0 Å². The average molecular weight is 522 g/mol. The maximum absolute atomic E-state index is 6.75. The minimum Gasteiger partial charge on any atom is -0.495 e. The fourth-order valence-corrected chi connectivity index (χ4v) is 8.49. The molecule has 0 aliphatic carbocycles. The van der Waals surface area contributed by atoms with E-state index in [1.807, 2.05) is 37.3 Å². The summed E-state index contributed by atoms with van der Waals surface area (Å²) in [7, 11) is 1.12. The first-order chi connectivity index (χ1) is 16.8. The standard InChI is InChI=1S/C30H28Cl2O2P/c1-20(2)23-16-17-24(31)29(33-3)27(23)28-26(19-18-25(32)30(28)34-4)35(5,21-12-8-6-9-13-21)22-14-10-7-11-15-22/h6-19H,1H2,2-5H3/q+1. The molecule has 4 rings (SSSR count). The largest absolute Gasteiger partial charge is 0.495 e. The van der Waals surface area contributed by atoms with Crippen molar-refractivity contribution in [1.82, 2.24) is 0 Å². The van der Waals surface area contributed by atoms with Gasteiger partial charge in [0.2, 0.25) is 0 Å². The predicted octanol–water partition coefficient (Wildman–Crippen LogP) is 7.63. The van der Waals surface area contributed by atoms with Crippen molar-refractivity contribution in [3.05, 3.63) is 107 Å². The summed E-state index contributed by atoms with van der Waals surface area (Å²) in [6, 6.07) is 29.1. The molecule has 178 valence electrons. The van der Waals surface area contributed by atoms with Crippen molar-refractivity contribution in [3.8, 4) is 22.6 Å². The molecule has 0 amide bonds. The maximum atomic E-state index is 6.75. The number of hydrogen-bond donors (Lipinski definition) is 0. The molecule has 0 spiro atoms. The van der Waals surface area contributed by atoms with Crippen molar-refractivity contribution < 1.29 is 9.47 Å². The van der Waals surface area contributed by atoms with Crippen LogP contribution in [0.25, 0.3) is 16.7 Å². The van der Waals surface area contributed by atoms with Crippen molar-refractivity contribution in [2.45, 2.75) is 6.92 Å². The van der Waals surface area contributed by atoms with Gasteiger partial charge < -0.3 is 9.47 Å². The number of halogens is 2. The van der Waals surface area contributed by atoms with Crippen LogP contribution < -0.4 is 25.4 Å². The van der Waals surface area contributed by atoms with Crippen molar-refractivity contribution in [1.29, 1.82) is 0 Å². The third-order valence-corrected chi connectivity index (χ3v) is 10.9. The van der Waals surface area contributed by atoms with E-state index in [0.717, 1.165) is 27.6 Å². The minimum absolute atomic E-state index is 0.514. The van der Waals surface area contributed by atoms with Gasteiger partial charge in [0, 0.05) is 5.56 Å². The highest BCUT2D eigenvalue weighted by atomic mass is 35.5. The number of hydrogen-bond acceptors (Lipinski definition) is 2. The lowest BCUT2D eigenvalue weighted by Gasteiger charge is -2.28. The fraction of sp³-hybridized carbons (Fsp3) is 0.133. The molecule has 0 aromatic heterocycles. The van der Waals surface area contributed by atoms with E-state index in [1.54, 1.807) is 14.2 Å². The minimum atomic E-state index is -2.15. The molecule has 0 aliphatic heterocycles. The maximum Gasteiger partial charge on any atom is 0.149 e. The van der Waals surface area contributed by atoms with Crippen molar-refractivity contribution in [3.63, 3.8) is 0 Å². The summed E-state index contributed by atoms with van der Waals surface area (Å²) >= 11 is 13.4. The summed E-state index contributed by atoms with van der Waals surface area (Å²) in [5.74, 6) is 1.16. The van der Waals surface area contributed by atoms with E-state index in [2.05, 4.69) is 67.8 Å². The van der Waals surface area contributed by atoms with Crippen LogP contribution in [0.1, 0.15) is 12.5 Å². The molecule has 0 N–H and O–H groups in total. The normalized spacial score (nSPS) is 11.3. The van der Waals surface area contributed by atoms with Crippen LogP contribution in [0.4, 0.5) is 0 Å². The van der Waals surface area contributed by atoms with Gasteiger partial charge in [0.05, 0.1) is 36.5 Å². The second kappa shape index (κ2) is 10.5. The zero-order valence-electron chi connectivity index (χ0n) is 20.3. The van der Waals surface area contributed by atoms with Gasteiger partial charge in [-0.3, -0.25) is 0 Å². The predicted molar refractivity (Wildman–Crippen MR) is 154 cm³/mol. The average Bonchev–Trinajstić information content (AvgIpc) is 2.88. The first-order valence-electron chi connectivity index (χ1n) is 11.2. The van der Waals surface area contributed by atoms with Gasteiger partial charge in [-0.1, -0.05) is 77.8 Å². The fourth-order valence-electron chi connectivity index (χ4n) is 4.60. The Morgan fingerprint density at radius 3 is 1.60 bits per heavy atom. The monoisotopic (exact) mass is 521 g/mol. The summed E-state index contributed by atoms with van der Waals surface area (Å²) in [5.41, 5.74) is 3.53. The Hall–Kier alpha value is -2.77. The zero-order valence-corrected chi connectivity index (χ0v) is 22.7. The van der Waals surface area contributed by atoms with Gasteiger partial charge in [0.15, 0.2) is 0 Å². The van der Waals surface area contributed by atoms with Gasteiger partial charge in [0.1, 0.15) is 34.7 Å². The molecular formula is C30H28Cl2O2P+. The number of ether oxygens (including phenoxy) is 2. The van der Waals surface area contributed by atoms with Gasteiger partial charge in [0.25, 0.3) is 0 Å². The lowest BCUT2D eigenvalue weighted by molar-refractivity contribution is 0.410. The van der Waals surface area contributed by atoms with Gasteiger partial charge in [-0.15, -0.1) is 0 Å². The Morgan fingerprint density at radius 2 is 1.14 bits per heavy atom. The lowest BCUT2D eigenvalue weighted by Crippen LogP contribution is -2.31. The Bertz CT molecular complexity index is 1330. The number of allylic oxidation sites excluding steroid dienone is 1. The smallest absolute Gasteiger partial charge is 0.149 e. The Balaban J connectivity index is 2.23. The van der Waals surface area contributed by atoms with Crippen LogP contribution in [0.5, 0.6) is 11.5 Å². The molecule has 0 heterocycles. The van der Waals surface area contributed by atoms with E-state index >= 15 is 0 Å². The zero-order chi connectivity index (χ0) is 25.2. The van der Waals surface area contributed by atoms with Crippen molar-refractivity contribution in [2.75, 3.05) is 20.9 Å². The SMILES string of the molecule is C=C(C)c1ccc(Cl)c(OC)c1-c1c([P+](C)(c2ccccc2)c2ccccc2)ccc(Cl)c1OC. The van der Waals surface area contributed by atoms with Crippen LogP contribution in [-0.4, -0.2) is 20.9 Å². The molecule has 0 saturated carbocycles. The van der Waals surface area contributed by atoms with Crippen molar-refractivity contribution in [2.24, 2.45) is 0 Å². The van der Waals surface area contributed by atoms with Crippen LogP contribution in [0.3, 0.4) is 0 Å². The molecule has 4 aromatic rings. The van der Waals surface area contributed by atoms with E-state index in [4.69, 9.17) is 32.7 Å². The summed E-state index contributed by atoms with van der Waals surface area (Å²) < 4.78 is 11.9. The van der Waals surface area contributed by atoms with E-state index in [9.17, 15) is 0 Å². The molecule has 4 aromatic carbocycles. The molecule has 35 heavy (non-hydrogen) atoms. The van der Waals surface area contributed by atoms with Gasteiger partial charge in [-0.05, 0) is 55.0 Å². The van der Waals surface area contributed by atoms with Crippen LogP contribution in [0.15, 0.2) is 91.5 Å². The molecular weight excluding hydrogens is 494 g/mol. The van der Waals surface area contributed by atoms with E-state index < -0.39 is 7.26 Å².